The van der Waals surface area contributed by atoms with Gasteiger partial charge in [-0.2, -0.15) is 0 Å². The fourth-order valence-electron chi connectivity index (χ4n) is 0.820. The number of nitrogens with one attached hydrogen (secondary N) is 1. The third-order valence-corrected chi connectivity index (χ3v) is 1.55. The van der Waals surface area contributed by atoms with Crippen molar-refractivity contribution in [1.29, 1.82) is 0 Å². The minimum atomic E-state index is -0.0461. The van der Waals surface area contributed by atoms with E-state index < -0.39 is 0 Å². The Bertz CT molecular complexity index is 177. The number of hydrogen-bond donors (Lipinski definition) is 1. The number of amides is 1. The van der Waals surface area contributed by atoms with Crippen molar-refractivity contribution in [3.63, 3.8) is 0 Å². The fraction of sp³-hybridized carbons (Fsp3) is 0.625. The van der Waals surface area contributed by atoms with Gasteiger partial charge in [0.25, 0.3) is 0 Å². The van der Waals surface area contributed by atoms with Gasteiger partial charge in [0.15, 0.2) is 0 Å². The monoisotopic (exact) mass is 155 g/mol. The Morgan fingerprint density at radius 2 is 2.36 bits per heavy atom. The molecular weight excluding hydrogens is 142 g/mol. The molecule has 1 saturated heterocycles. The summed E-state index contributed by atoms with van der Waals surface area (Å²) in [5, 5.41) is 2.66. The van der Waals surface area contributed by atoms with E-state index in [1.165, 1.54) is 6.08 Å². The molecule has 0 radical (unpaired) electrons. The Balaban J connectivity index is 2.18. The van der Waals surface area contributed by atoms with Gasteiger partial charge in [-0.1, -0.05) is 0 Å². The number of hydrogen-bond acceptors (Lipinski definition) is 2. The van der Waals surface area contributed by atoms with E-state index >= 15 is 0 Å². The van der Waals surface area contributed by atoms with Crippen molar-refractivity contribution in [2.75, 3.05) is 6.54 Å². The number of carbonyl (C=O) groups is 1. The summed E-state index contributed by atoms with van der Waals surface area (Å²) in [6, 6.07) is 0. The van der Waals surface area contributed by atoms with Gasteiger partial charge in [-0.15, -0.1) is 0 Å². The third-order valence-electron chi connectivity index (χ3n) is 1.55. The topological polar surface area (TPSA) is 41.6 Å². The highest BCUT2D eigenvalue weighted by Gasteiger charge is 2.31. The minimum absolute atomic E-state index is 0.0461. The van der Waals surface area contributed by atoms with Crippen LogP contribution < -0.4 is 5.32 Å². The van der Waals surface area contributed by atoms with Crippen LogP contribution in [-0.2, 0) is 9.53 Å². The third kappa shape index (κ3) is 2.72. The van der Waals surface area contributed by atoms with Crippen LogP contribution in [-0.4, -0.2) is 24.7 Å². The summed E-state index contributed by atoms with van der Waals surface area (Å²) in [6.45, 7) is 4.54. The Morgan fingerprint density at radius 3 is 2.82 bits per heavy atom. The first kappa shape index (κ1) is 8.27. The quantitative estimate of drug-likeness (QED) is 0.475. The van der Waals surface area contributed by atoms with Crippen LogP contribution in [0.4, 0.5) is 0 Å². The SMILES string of the molecule is CCNC(=O)/C=C/C1OC1C. The smallest absolute Gasteiger partial charge is 0.243 e. The molecule has 0 aromatic carbocycles. The van der Waals surface area contributed by atoms with E-state index in [0.717, 1.165) is 0 Å². The van der Waals surface area contributed by atoms with Crippen LogP contribution in [0.3, 0.4) is 0 Å². The van der Waals surface area contributed by atoms with Gasteiger partial charge in [0.1, 0.15) is 6.10 Å². The van der Waals surface area contributed by atoms with Crippen molar-refractivity contribution in [2.45, 2.75) is 26.1 Å². The summed E-state index contributed by atoms with van der Waals surface area (Å²) >= 11 is 0. The maximum atomic E-state index is 10.8. The zero-order valence-corrected chi connectivity index (χ0v) is 6.83. The van der Waals surface area contributed by atoms with Crippen LogP contribution in [0, 0.1) is 0 Å². The number of carbonyl (C=O) groups excluding carboxylic acids is 1. The van der Waals surface area contributed by atoms with E-state index in [1.807, 2.05) is 13.8 Å². The van der Waals surface area contributed by atoms with Gasteiger partial charge in [-0.3, -0.25) is 4.79 Å². The van der Waals surface area contributed by atoms with E-state index in [0.29, 0.717) is 12.6 Å². The van der Waals surface area contributed by atoms with Gasteiger partial charge < -0.3 is 10.1 Å². The summed E-state index contributed by atoms with van der Waals surface area (Å²) in [5.41, 5.74) is 0. The lowest BCUT2D eigenvalue weighted by Crippen LogP contribution is -2.19. The van der Waals surface area contributed by atoms with Crippen LogP contribution in [0.1, 0.15) is 13.8 Å². The molecule has 1 aliphatic heterocycles. The predicted octanol–water partition coefficient (Wildman–Crippen LogP) is 0.466. The molecule has 1 amide bonds. The highest BCUT2D eigenvalue weighted by Crippen LogP contribution is 2.21. The Labute approximate surface area is 66.4 Å². The maximum Gasteiger partial charge on any atom is 0.243 e. The molecule has 0 spiro atoms. The molecule has 0 aromatic rings. The Morgan fingerprint density at radius 1 is 1.73 bits per heavy atom. The maximum absolute atomic E-state index is 10.8. The number of rotatable bonds is 3. The van der Waals surface area contributed by atoms with E-state index in [1.54, 1.807) is 6.08 Å². The molecule has 0 aliphatic carbocycles. The van der Waals surface area contributed by atoms with Crippen LogP contribution in [0.5, 0.6) is 0 Å². The number of ether oxygens (including phenoxy) is 1. The number of epoxide rings is 1. The van der Waals surface area contributed by atoms with Gasteiger partial charge >= 0.3 is 0 Å². The molecule has 2 atom stereocenters. The van der Waals surface area contributed by atoms with Crippen molar-refractivity contribution in [1.82, 2.24) is 5.32 Å². The van der Waals surface area contributed by atoms with Crippen molar-refractivity contribution >= 4 is 5.91 Å². The van der Waals surface area contributed by atoms with Crippen LogP contribution >= 0.6 is 0 Å². The lowest BCUT2D eigenvalue weighted by molar-refractivity contribution is -0.116. The first-order valence-electron chi connectivity index (χ1n) is 3.85. The fourth-order valence-corrected chi connectivity index (χ4v) is 0.820. The molecule has 1 rings (SSSR count). The predicted molar refractivity (Wildman–Crippen MR) is 42.2 cm³/mol. The van der Waals surface area contributed by atoms with E-state index in [-0.39, 0.29) is 12.0 Å². The first-order chi connectivity index (χ1) is 5.24. The normalized spacial score (nSPS) is 28.9. The molecule has 11 heavy (non-hydrogen) atoms. The van der Waals surface area contributed by atoms with Gasteiger partial charge in [-0.05, 0) is 19.9 Å². The van der Waals surface area contributed by atoms with Gasteiger partial charge in [0.2, 0.25) is 5.91 Å². The molecule has 0 bridgehead atoms. The minimum Gasteiger partial charge on any atom is -0.365 e. The van der Waals surface area contributed by atoms with Crippen molar-refractivity contribution in [3.05, 3.63) is 12.2 Å². The molecule has 1 aliphatic rings. The van der Waals surface area contributed by atoms with Crippen molar-refractivity contribution in [3.8, 4) is 0 Å². The molecule has 3 nitrogen and oxygen atoms in total. The highest BCUT2D eigenvalue weighted by atomic mass is 16.6. The number of likely N-dealkylation sites (N-methyl/N-ethyl adjacent to an activating group) is 1. The average molecular weight is 155 g/mol. The molecule has 2 unspecified atom stereocenters. The first-order valence-corrected chi connectivity index (χ1v) is 3.85. The van der Waals surface area contributed by atoms with Gasteiger partial charge in [0.05, 0.1) is 6.10 Å². The summed E-state index contributed by atoms with van der Waals surface area (Å²) in [7, 11) is 0. The summed E-state index contributed by atoms with van der Waals surface area (Å²) in [4.78, 5) is 10.8. The molecule has 1 N–H and O–H groups in total. The van der Waals surface area contributed by atoms with E-state index in [9.17, 15) is 4.79 Å². The molecule has 1 fully saturated rings. The summed E-state index contributed by atoms with van der Waals surface area (Å²) in [5.74, 6) is -0.0461. The molecule has 1 heterocycles. The lowest BCUT2D eigenvalue weighted by atomic mass is 10.3. The lowest BCUT2D eigenvalue weighted by Gasteiger charge is -1.92. The highest BCUT2D eigenvalue weighted by molar-refractivity contribution is 5.87. The molecule has 0 aromatic heterocycles. The second-order valence-corrected chi connectivity index (χ2v) is 2.56. The molecular formula is C8H13NO2. The van der Waals surface area contributed by atoms with Crippen molar-refractivity contribution < 1.29 is 9.53 Å². The van der Waals surface area contributed by atoms with Gasteiger partial charge in [-0.25, -0.2) is 0 Å². The Hall–Kier alpha value is -0.830. The van der Waals surface area contributed by atoms with Gasteiger partial charge in [0, 0.05) is 12.6 Å². The zero-order valence-electron chi connectivity index (χ0n) is 6.83. The zero-order chi connectivity index (χ0) is 8.27. The second-order valence-electron chi connectivity index (χ2n) is 2.56. The van der Waals surface area contributed by atoms with Crippen LogP contribution in [0.25, 0.3) is 0 Å². The van der Waals surface area contributed by atoms with E-state index in [2.05, 4.69) is 5.32 Å². The molecule has 0 saturated carbocycles. The van der Waals surface area contributed by atoms with Crippen LogP contribution in [0.15, 0.2) is 12.2 Å². The average Bonchev–Trinajstić information content (AvgIpc) is 2.63. The summed E-state index contributed by atoms with van der Waals surface area (Å²) < 4.78 is 5.08. The van der Waals surface area contributed by atoms with E-state index in [4.69, 9.17) is 4.74 Å². The van der Waals surface area contributed by atoms with Crippen molar-refractivity contribution in [2.24, 2.45) is 0 Å². The largest absolute Gasteiger partial charge is 0.365 e. The molecule has 3 heteroatoms. The standard InChI is InChI=1S/C8H13NO2/c1-3-9-8(10)5-4-7-6(2)11-7/h4-7H,3H2,1-2H3,(H,9,10)/b5-4+. The Kier molecular flexibility index (Phi) is 2.65. The summed E-state index contributed by atoms with van der Waals surface area (Å²) in [6.07, 6.45) is 3.77. The second kappa shape index (κ2) is 3.53. The van der Waals surface area contributed by atoms with Crippen LogP contribution in [0.2, 0.25) is 0 Å². The molecule has 62 valence electrons.